The molecule has 0 radical (unpaired) electrons. The van der Waals surface area contributed by atoms with Gasteiger partial charge < -0.3 is 10.6 Å². The number of hydrogen-bond donors (Lipinski definition) is 2. The van der Waals surface area contributed by atoms with E-state index in [2.05, 4.69) is 30.7 Å². The molecule has 4 rings (SSSR count). The first-order valence-electron chi connectivity index (χ1n) is 7.49. The van der Waals surface area contributed by atoms with Crippen molar-refractivity contribution in [3.63, 3.8) is 0 Å². The fourth-order valence-corrected chi connectivity index (χ4v) is 2.67. The molecule has 1 aliphatic heterocycles. The standard InChI is InChI=1S/C15H17N7/c1-6-16-7-2-11(1)19-15-17-8-3-12(21-15)13-5-10-22-14(20-13)4-9-18-22/h3-5,8-11,16H,1-2,6-7H2,(H,17,19,21). The minimum absolute atomic E-state index is 0.432. The zero-order valence-electron chi connectivity index (χ0n) is 12.1. The monoisotopic (exact) mass is 295 g/mol. The Labute approximate surface area is 127 Å². The number of hydrogen-bond acceptors (Lipinski definition) is 6. The summed E-state index contributed by atoms with van der Waals surface area (Å²) in [5.74, 6) is 0.666. The van der Waals surface area contributed by atoms with Gasteiger partial charge in [0.25, 0.3) is 0 Å². The van der Waals surface area contributed by atoms with E-state index in [9.17, 15) is 0 Å². The van der Waals surface area contributed by atoms with E-state index in [-0.39, 0.29) is 0 Å². The van der Waals surface area contributed by atoms with Crippen molar-refractivity contribution in [1.29, 1.82) is 0 Å². The maximum absolute atomic E-state index is 4.59. The van der Waals surface area contributed by atoms with Gasteiger partial charge in [0.2, 0.25) is 5.95 Å². The van der Waals surface area contributed by atoms with Crippen molar-refractivity contribution in [3.05, 3.63) is 36.8 Å². The first kappa shape index (κ1) is 13.1. The second-order valence-corrected chi connectivity index (χ2v) is 5.38. The molecule has 1 saturated heterocycles. The van der Waals surface area contributed by atoms with E-state index < -0.39 is 0 Å². The van der Waals surface area contributed by atoms with Crippen molar-refractivity contribution in [2.24, 2.45) is 0 Å². The Hall–Kier alpha value is -2.54. The molecule has 3 aromatic heterocycles. The summed E-state index contributed by atoms with van der Waals surface area (Å²) in [7, 11) is 0. The van der Waals surface area contributed by atoms with Crippen LogP contribution in [0.5, 0.6) is 0 Å². The molecular weight excluding hydrogens is 278 g/mol. The van der Waals surface area contributed by atoms with Crippen LogP contribution in [0, 0.1) is 0 Å². The number of anilines is 1. The van der Waals surface area contributed by atoms with Crippen LogP contribution < -0.4 is 10.6 Å². The van der Waals surface area contributed by atoms with Crippen LogP contribution >= 0.6 is 0 Å². The van der Waals surface area contributed by atoms with Gasteiger partial charge in [-0.1, -0.05) is 0 Å². The van der Waals surface area contributed by atoms with E-state index >= 15 is 0 Å². The molecule has 7 heteroatoms. The minimum Gasteiger partial charge on any atom is -0.351 e. The molecule has 0 unspecified atom stereocenters. The summed E-state index contributed by atoms with van der Waals surface area (Å²) < 4.78 is 1.73. The normalized spacial score (nSPS) is 16.0. The Morgan fingerprint density at radius 1 is 1.05 bits per heavy atom. The minimum atomic E-state index is 0.432. The molecular formula is C15H17N7. The molecule has 1 aliphatic rings. The number of fused-ring (bicyclic) bond motifs is 1. The highest BCUT2D eigenvalue weighted by atomic mass is 15.2. The summed E-state index contributed by atoms with van der Waals surface area (Å²) in [6.07, 6.45) is 7.57. The molecule has 1 fully saturated rings. The summed E-state index contributed by atoms with van der Waals surface area (Å²) >= 11 is 0. The number of nitrogens with zero attached hydrogens (tertiary/aromatic N) is 5. The summed E-state index contributed by atoms with van der Waals surface area (Å²) in [5.41, 5.74) is 2.45. The fourth-order valence-electron chi connectivity index (χ4n) is 2.67. The van der Waals surface area contributed by atoms with Gasteiger partial charge in [0, 0.05) is 24.5 Å². The molecule has 22 heavy (non-hydrogen) atoms. The quantitative estimate of drug-likeness (QED) is 0.759. The third-order valence-electron chi connectivity index (χ3n) is 3.85. The first-order valence-corrected chi connectivity index (χ1v) is 7.49. The van der Waals surface area contributed by atoms with Gasteiger partial charge in [-0.15, -0.1) is 0 Å². The smallest absolute Gasteiger partial charge is 0.223 e. The lowest BCUT2D eigenvalue weighted by Crippen LogP contribution is -2.35. The number of aromatic nitrogens is 5. The molecule has 2 N–H and O–H groups in total. The molecule has 0 aliphatic carbocycles. The zero-order valence-corrected chi connectivity index (χ0v) is 12.1. The van der Waals surface area contributed by atoms with Crippen molar-refractivity contribution in [2.45, 2.75) is 18.9 Å². The average molecular weight is 295 g/mol. The van der Waals surface area contributed by atoms with Crippen molar-refractivity contribution in [1.82, 2.24) is 29.9 Å². The Morgan fingerprint density at radius 2 is 1.91 bits per heavy atom. The first-order chi connectivity index (χ1) is 10.9. The van der Waals surface area contributed by atoms with Gasteiger partial charge in [-0.3, -0.25) is 0 Å². The SMILES string of the molecule is c1cc(-c2ccn3nccc3n2)nc(NC2CCNCC2)n1. The molecule has 0 amide bonds. The lowest BCUT2D eigenvalue weighted by Gasteiger charge is -2.23. The lowest BCUT2D eigenvalue weighted by atomic mass is 10.1. The fraction of sp³-hybridized carbons (Fsp3) is 0.333. The second kappa shape index (κ2) is 5.69. The Kier molecular flexibility index (Phi) is 3.40. The topological polar surface area (TPSA) is 80.0 Å². The third-order valence-corrected chi connectivity index (χ3v) is 3.85. The molecule has 0 spiro atoms. The summed E-state index contributed by atoms with van der Waals surface area (Å²) in [6.45, 7) is 2.08. The highest BCUT2D eigenvalue weighted by Gasteiger charge is 2.14. The van der Waals surface area contributed by atoms with Crippen LogP contribution in [0.15, 0.2) is 36.8 Å². The molecule has 4 heterocycles. The lowest BCUT2D eigenvalue weighted by molar-refractivity contribution is 0.477. The van der Waals surface area contributed by atoms with E-state index in [0.29, 0.717) is 12.0 Å². The molecule has 3 aromatic rings. The van der Waals surface area contributed by atoms with Crippen molar-refractivity contribution < 1.29 is 0 Å². The molecule has 0 aromatic carbocycles. The molecule has 0 atom stereocenters. The van der Waals surface area contributed by atoms with Crippen LogP contribution in [0.25, 0.3) is 17.0 Å². The van der Waals surface area contributed by atoms with Crippen LogP contribution in [-0.4, -0.2) is 43.7 Å². The van der Waals surface area contributed by atoms with Gasteiger partial charge in [0.05, 0.1) is 17.6 Å². The zero-order chi connectivity index (χ0) is 14.8. The highest BCUT2D eigenvalue weighted by molar-refractivity contribution is 5.58. The van der Waals surface area contributed by atoms with Gasteiger partial charge in [-0.25, -0.2) is 19.5 Å². The summed E-state index contributed by atoms with van der Waals surface area (Å²) in [4.78, 5) is 13.5. The van der Waals surface area contributed by atoms with Crippen LogP contribution in [0.3, 0.4) is 0 Å². The Morgan fingerprint density at radius 3 is 2.82 bits per heavy atom. The predicted octanol–water partition coefficient (Wildman–Crippen LogP) is 1.35. The molecule has 112 valence electrons. The van der Waals surface area contributed by atoms with Crippen molar-refractivity contribution in [2.75, 3.05) is 18.4 Å². The van der Waals surface area contributed by atoms with Crippen LogP contribution in [0.4, 0.5) is 5.95 Å². The van der Waals surface area contributed by atoms with Gasteiger partial charge in [-0.05, 0) is 38.1 Å². The number of rotatable bonds is 3. The summed E-state index contributed by atoms with van der Waals surface area (Å²) in [5, 5.41) is 10.9. The Bertz CT molecular complexity index is 776. The van der Waals surface area contributed by atoms with E-state index in [4.69, 9.17) is 0 Å². The molecule has 0 bridgehead atoms. The van der Waals surface area contributed by atoms with E-state index in [0.717, 1.165) is 43.0 Å². The van der Waals surface area contributed by atoms with Crippen LogP contribution in [0.2, 0.25) is 0 Å². The van der Waals surface area contributed by atoms with Crippen molar-refractivity contribution in [3.8, 4) is 11.4 Å². The van der Waals surface area contributed by atoms with E-state index in [1.807, 2.05) is 24.4 Å². The van der Waals surface area contributed by atoms with Gasteiger partial charge in [0.1, 0.15) is 0 Å². The summed E-state index contributed by atoms with van der Waals surface area (Å²) in [6, 6.07) is 6.10. The highest BCUT2D eigenvalue weighted by Crippen LogP contribution is 2.17. The van der Waals surface area contributed by atoms with Gasteiger partial charge in [-0.2, -0.15) is 5.10 Å². The van der Waals surface area contributed by atoms with Gasteiger partial charge in [0.15, 0.2) is 5.65 Å². The van der Waals surface area contributed by atoms with Crippen LogP contribution in [-0.2, 0) is 0 Å². The molecule has 0 saturated carbocycles. The van der Waals surface area contributed by atoms with Crippen LogP contribution in [0.1, 0.15) is 12.8 Å². The van der Waals surface area contributed by atoms with E-state index in [1.165, 1.54) is 0 Å². The number of piperidine rings is 1. The molecule has 7 nitrogen and oxygen atoms in total. The number of nitrogens with one attached hydrogen (secondary N) is 2. The van der Waals surface area contributed by atoms with Crippen molar-refractivity contribution >= 4 is 11.6 Å². The maximum Gasteiger partial charge on any atom is 0.223 e. The second-order valence-electron chi connectivity index (χ2n) is 5.38. The van der Waals surface area contributed by atoms with Gasteiger partial charge >= 0.3 is 0 Å². The predicted molar refractivity (Wildman–Crippen MR) is 83.5 cm³/mol. The van der Waals surface area contributed by atoms with E-state index in [1.54, 1.807) is 16.9 Å². The third kappa shape index (κ3) is 2.62. The average Bonchev–Trinajstić information content (AvgIpc) is 3.04. The Balaban J connectivity index is 1.60. The largest absolute Gasteiger partial charge is 0.351 e. The maximum atomic E-state index is 4.59.